The number of rotatable bonds is 5. The van der Waals surface area contributed by atoms with E-state index in [1.165, 1.54) is 0 Å². The summed E-state index contributed by atoms with van der Waals surface area (Å²) in [7, 11) is 0. The fourth-order valence-corrected chi connectivity index (χ4v) is 2.58. The Bertz CT molecular complexity index is 448. The van der Waals surface area contributed by atoms with Gasteiger partial charge in [0.15, 0.2) is 0 Å². The molecule has 3 heteroatoms. The number of aliphatic carboxylic acids is 1. The molecule has 1 aromatic rings. The Kier molecular flexibility index (Phi) is 5.19. The van der Waals surface area contributed by atoms with Gasteiger partial charge in [0.1, 0.15) is 0 Å². The second-order valence-electron chi connectivity index (χ2n) is 6.56. The molecule has 0 aromatic heterocycles. The van der Waals surface area contributed by atoms with Gasteiger partial charge in [0.25, 0.3) is 0 Å². The molecule has 19 heavy (non-hydrogen) atoms. The van der Waals surface area contributed by atoms with Gasteiger partial charge in [-0.05, 0) is 42.9 Å². The van der Waals surface area contributed by atoms with Crippen molar-refractivity contribution >= 4 is 21.9 Å². The molecular formula is C16H23BrO2. The monoisotopic (exact) mass is 326 g/mol. The summed E-state index contributed by atoms with van der Waals surface area (Å²) < 4.78 is 0.924. The molecule has 2 nitrogen and oxygen atoms in total. The van der Waals surface area contributed by atoms with Gasteiger partial charge in [-0.15, -0.1) is 0 Å². The third-order valence-electron chi connectivity index (χ3n) is 3.54. The van der Waals surface area contributed by atoms with Crippen LogP contribution in [0, 0.1) is 5.41 Å². The zero-order chi connectivity index (χ0) is 14.7. The predicted molar refractivity (Wildman–Crippen MR) is 82.4 cm³/mol. The zero-order valence-electron chi connectivity index (χ0n) is 12.2. The molecule has 0 aliphatic rings. The van der Waals surface area contributed by atoms with E-state index in [9.17, 15) is 9.90 Å². The van der Waals surface area contributed by atoms with E-state index < -0.39 is 11.4 Å². The molecule has 0 amide bonds. The summed E-state index contributed by atoms with van der Waals surface area (Å²) in [4.78, 5) is 11.7. The van der Waals surface area contributed by atoms with Gasteiger partial charge in [-0.3, -0.25) is 4.79 Å². The minimum atomic E-state index is -0.810. The van der Waals surface area contributed by atoms with Crippen molar-refractivity contribution in [3.05, 3.63) is 34.3 Å². The molecule has 1 unspecified atom stereocenters. The van der Waals surface area contributed by atoms with Crippen LogP contribution >= 0.6 is 15.9 Å². The van der Waals surface area contributed by atoms with Crippen LogP contribution in [0.3, 0.4) is 0 Å². The van der Waals surface area contributed by atoms with Gasteiger partial charge < -0.3 is 5.11 Å². The lowest BCUT2D eigenvalue weighted by Crippen LogP contribution is -2.32. The molecule has 106 valence electrons. The number of hydrogen-bond acceptors (Lipinski definition) is 1. The van der Waals surface area contributed by atoms with Crippen LogP contribution in [0.15, 0.2) is 28.7 Å². The van der Waals surface area contributed by atoms with Crippen LogP contribution in [-0.4, -0.2) is 11.1 Å². The number of carboxylic acids is 1. The molecule has 0 saturated carbocycles. The Hall–Kier alpha value is -0.830. The molecule has 0 fully saturated rings. The highest BCUT2D eigenvalue weighted by Crippen LogP contribution is 2.33. The van der Waals surface area contributed by atoms with E-state index >= 15 is 0 Å². The van der Waals surface area contributed by atoms with Crippen LogP contribution in [0.5, 0.6) is 0 Å². The second-order valence-corrected chi connectivity index (χ2v) is 7.48. The lowest BCUT2D eigenvalue weighted by molar-refractivity contribution is -0.143. The maximum Gasteiger partial charge on any atom is 0.313 e. The topological polar surface area (TPSA) is 37.3 Å². The average Bonchev–Trinajstić information content (AvgIpc) is 2.26. The average molecular weight is 327 g/mol. The van der Waals surface area contributed by atoms with Crippen molar-refractivity contribution < 1.29 is 9.90 Å². The van der Waals surface area contributed by atoms with E-state index in [2.05, 4.69) is 36.7 Å². The second kappa shape index (κ2) is 6.08. The molecule has 1 aromatic carbocycles. The van der Waals surface area contributed by atoms with Crippen LogP contribution in [0.25, 0.3) is 0 Å². The highest BCUT2D eigenvalue weighted by Gasteiger charge is 2.35. The smallest absolute Gasteiger partial charge is 0.313 e. The van der Waals surface area contributed by atoms with Crippen molar-refractivity contribution in [1.29, 1.82) is 0 Å². The maximum absolute atomic E-state index is 11.7. The molecule has 0 aliphatic carbocycles. The molecule has 0 saturated heterocycles. The lowest BCUT2D eigenvalue weighted by Gasteiger charge is -2.27. The molecule has 0 heterocycles. The molecule has 0 bridgehead atoms. The fraction of sp³-hybridized carbons (Fsp3) is 0.562. The van der Waals surface area contributed by atoms with Gasteiger partial charge in [-0.25, -0.2) is 0 Å². The molecule has 1 atom stereocenters. The lowest BCUT2D eigenvalue weighted by atomic mass is 9.76. The summed E-state index contributed by atoms with van der Waals surface area (Å²) in [5, 5.41) is 9.59. The van der Waals surface area contributed by atoms with E-state index in [0.717, 1.165) is 22.9 Å². The Labute approximate surface area is 124 Å². The molecule has 0 radical (unpaired) electrons. The first-order valence-electron chi connectivity index (χ1n) is 6.65. The van der Waals surface area contributed by atoms with Gasteiger partial charge in [-0.1, -0.05) is 55.3 Å². The highest BCUT2D eigenvalue weighted by molar-refractivity contribution is 9.10. The minimum absolute atomic E-state index is 0.247. The van der Waals surface area contributed by atoms with E-state index in [1.54, 1.807) is 0 Å². The molecule has 1 N–H and O–H groups in total. The number of carboxylic acid groups (broad SMARTS) is 1. The highest BCUT2D eigenvalue weighted by atomic mass is 79.9. The van der Waals surface area contributed by atoms with E-state index in [4.69, 9.17) is 0 Å². The van der Waals surface area contributed by atoms with Gasteiger partial charge in [0.2, 0.25) is 0 Å². The van der Waals surface area contributed by atoms with Crippen molar-refractivity contribution in [2.45, 2.75) is 52.4 Å². The first-order valence-corrected chi connectivity index (χ1v) is 7.44. The van der Waals surface area contributed by atoms with Gasteiger partial charge in [0.05, 0.1) is 5.41 Å². The first kappa shape index (κ1) is 16.2. The van der Waals surface area contributed by atoms with Crippen LogP contribution in [0.1, 0.15) is 52.5 Å². The number of benzene rings is 1. The third kappa shape index (κ3) is 4.64. The summed E-state index contributed by atoms with van der Waals surface area (Å²) in [6.45, 7) is 8.37. The van der Waals surface area contributed by atoms with E-state index in [-0.39, 0.29) is 5.41 Å². The molecule has 0 spiro atoms. The van der Waals surface area contributed by atoms with Crippen molar-refractivity contribution in [1.82, 2.24) is 0 Å². The van der Waals surface area contributed by atoms with Gasteiger partial charge in [0, 0.05) is 4.47 Å². The van der Waals surface area contributed by atoms with E-state index in [0.29, 0.717) is 6.42 Å². The van der Waals surface area contributed by atoms with Crippen molar-refractivity contribution in [2.24, 2.45) is 5.41 Å². The largest absolute Gasteiger partial charge is 0.481 e. The minimum Gasteiger partial charge on any atom is -0.481 e. The number of carbonyl (C=O) groups is 1. The van der Waals surface area contributed by atoms with Crippen molar-refractivity contribution in [3.63, 3.8) is 0 Å². The van der Waals surface area contributed by atoms with Gasteiger partial charge >= 0.3 is 5.97 Å². The van der Waals surface area contributed by atoms with Crippen molar-refractivity contribution in [2.75, 3.05) is 0 Å². The zero-order valence-corrected chi connectivity index (χ0v) is 13.8. The Morgan fingerprint density at radius 2 is 1.84 bits per heavy atom. The number of hydrogen-bond donors (Lipinski definition) is 1. The SMILES string of the molecule is CC(C)(C)CCCC(C)(C(=O)O)c1cccc(Br)c1. The standard InChI is InChI=1S/C16H23BrO2/c1-15(2,3)9-6-10-16(4,14(18)19)12-7-5-8-13(17)11-12/h5,7-8,11H,6,9-10H2,1-4H3,(H,18,19). The van der Waals surface area contributed by atoms with Crippen molar-refractivity contribution in [3.8, 4) is 0 Å². The fourth-order valence-electron chi connectivity index (χ4n) is 2.18. The van der Waals surface area contributed by atoms with Crippen LogP contribution < -0.4 is 0 Å². The maximum atomic E-state index is 11.7. The summed E-state index contributed by atoms with van der Waals surface area (Å²) in [5.74, 6) is -0.750. The summed E-state index contributed by atoms with van der Waals surface area (Å²) >= 11 is 3.41. The Morgan fingerprint density at radius 3 is 2.32 bits per heavy atom. The normalized spacial score (nSPS) is 15.0. The Balaban J connectivity index is 2.89. The van der Waals surface area contributed by atoms with Crippen LogP contribution in [-0.2, 0) is 10.2 Å². The summed E-state index contributed by atoms with van der Waals surface area (Å²) in [6, 6.07) is 7.62. The predicted octanol–water partition coefficient (Wildman–Crippen LogP) is 5.01. The first-order chi connectivity index (χ1) is 8.65. The summed E-state index contributed by atoms with van der Waals surface area (Å²) in [5.41, 5.74) is 0.300. The van der Waals surface area contributed by atoms with Crippen LogP contribution in [0.4, 0.5) is 0 Å². The molecule has 0 aliphatic heterocycles. The molecular weight excluding hydrogens is 304 g/mol. The van der Waals surface area contributed by atoms with Gasteiger partial charge in [-0.2, -0.15) is 0 Å². The number of halogens is 1. The molecule has 1 rings (SSSR count). The Morgan fingerprint density at radius 1 is 1.21 bits per heavy atom. The van der Waals surface area contributed by atoms with Crippen LogP contribution in [0.2, 0.25) is 0 Å². The summed E-state index contributed by atoms with van der Waals surface area (Å²) in [6.07, 6.45) is 2.61. The third-order valence-corrected chi connectivity index (χ3v) is 4.03. The quantitative estimate of drug-likeness (QED) is 0.825. The van der Waals surface area contributed by atoms with E-state index in [1.807, 2.05) is 31.2 Å².